The topological polar surface area (TPSA) is 95.7 Å². The van der Waals surface area contributed by atoms with Gasteiger partial charge in [0.15, 0.2) is 0 Å². The molecule has 3 unspecified atom stereocenters. The minimum atomic E-state index is -0.564. The Morgan fingerprint density at radius 3 is 2.54 bits per heavy atom. The summed E-state index contributed by atoms with van der Waals surface area (Å²) in [6.45, 7) is 7.61. The van der Waals surface area contributed by atoms with Crippen LogP contribution in [0.2, 0.25) is 0 Å². The molecule has 0 radical (unpaired) electrons. The molecule has 7 heteroatoms. The highest BCUT2D eigenvalue weighted by Gasteiger charge is 2.39. The smallest absolute Gasteiger partial charge is 0.255 e. The number of hydrogen-bond acceptors (Lipinski definition) is 5. The van der Waals surface area contributed by atoms with Crippen molar-refractivity contribution in [2.45, 2.75) is 51.9 Å². The molecular weight excluding hydrogens is 356 g/mol. The fourth-order valence-corrected chi connectivity index (χ4v) is 4.81. The molecule has 0 aromatic heterocycles. The Hall–Kier alpha value is -2.25. The number of nitrogens with one attached hydrogen (secondary N) is 1. The zero-order valence-corrected chi connectivity index (χ0v) is 16.5. The van der Waals surface area contributed by atoms with Crippen molar-refractivity contribution in [3.63, 3.8) is 0 Å². The number of amides is 3. The Labute approximate surface area is 165 Å². The molecular formula is C21H28N4O3. The minimum Gasteiger partial charge on any atom is -0.327 e. The molecule has 3 atom stereocenters. The van der Waals surface area contributed by atoms with E-state index in [0.29, 0.717) is 30.4 Å². The molecule has 0 saturated carbocycles. The van der Waals surface area contributed by atoms with Gasteiger partial charge >= 0.3 is 0 Å². The van der Waals surface area contributed by atoms with Crippen molar-refractivity contribution < 1.29 is 14.4 Å². The molecule has 1 aromatic carbocycles. The van der Waals surface area contributed by atoms with Gasteiger partial charge in [0, 0.05) is 44.2 Å². The second-order valence-corrected chi connectivity index (χ2v) is 8.62. The largest absolute Gasteiger partial charge is 0.327 e. The maximum absolute atomic E-state index is 12.8. The molecule has 3 heterocycles. The number of likely N-dealkylation sites (tertiary alicyclic amines) is 1. The molecule has 2 fully saturated rings. The van der Waals surface area contributed by atoms with Crippen molar-refractivity contribution in [3.8, 4) is 0 Å². The van der Waals surface area contributed by atoms with Crippen LogP contribution in [-0.2, 0) is 22.7 Å². The normalized spacial score (nSPS) is 31.1. The number of nitrogens with zero attached hydrogens (tertiary/aromatic N) is 2. The summed E-state index contributed by atoms with van der Waals surface area (Å²) in [7, 11) is 0. The Morgan fingerprint density at radius 2 is 1.86 bits per heavy atom. The van der Waals surface area contributed by atoms with E-state index in [0.717, 1.165) is 25.2 Å². The Kier molecular flexibility index (Phi) is 4.97. The first-order valence-electron chi connectivity index (χ1n) is 10.1. The average molecular weight is 384 g/mol. The number of piperidine rings is 2. The molecule has 0 spiro atoms. The van der Waals surface area contributed by atoms with Crippen LogP contribution in [0.4, 0.5) is 0 Å². The Morgan fingerprint density at radius 1 is 1.14 bits per heavy atom. The van der Waals surface area contributed by atoms with E-state index in [4.69, 9.17) is 5.73 Å². The molecule has 3 N–H and O–H groups in total. The predicted octanol–water partition coefficient (Wildman–Crippen LogP) is 0.863. The van der Waals surface area contributed by atoms with E-state index in [-0.39, 0.29) is 30.2 Å². The van der Waals surface area contributed by atoms with Crippen molar-refractivity contribution in [1.82, 2.24) is 15.1 Å². The number of carbonyl (C=O) groups is 3. The van der Waals surface area contributed by atoms with Crippen molar-refractivity contribution in [2.75, 3.05) is 13.1 Å². The van der Waals surface area contributed by atoms with Crippen LogP contribution in [0.25, 0.3) is 0 Å². The Balaban J connectivity index is 1.47. The molecule has 1 aromatic rings. The number of hydrogen-bond donors (Lipinski definition) is 2. The third-order valence-electron chi connectivity index (χ3n) is 6.40. The molecule has 3 aliphatic heterocycles. The van der Waals surface area contributed by atoms with E-state index in [9.17, 15) is 14.4 Å². The van der Waals surface area contributed by atoms with Crippen LogP contribution in [0.15, 0.2) is 18.2 Å². The van der Waals surface area contributed by atoms with Crippen molar-refractivity contribution in [3.05, 3.63) is 34.9 Å². The number of fused-ring (bicyclic) bond motifs is 1. The van der Waals surface area contributed by atoms with Crippen LogP contribution >= 0.6 is 0 Å². The van der Waals surface area contributed by atoms with E-state index in [1.807, 2.05) is 12.1 Å². The average Bonchev–Trinajstić information content (AvgIpc) is 2.95. The molecule has 3 amide bonds. The van der Waals surface area contributed by atoms with Gasteiger partial charge < -0.3 is 10.6 Å². The first-order valence-corrected chi connectivity index (χ1v) is 10.1. The van der Waals surface area contributed by atoms with Gasteiger partial charge in [0.05, 0.1) is 0 Å². The summed E-state index contributed by atoms with van der Waals surface area (Å²) in [6, 6.07) is 5.65. The van der Waals surface area contributed by atoms with E-state index in [1.54, 1.807) is 4.90 Å². The van der Waals surface area contributed by atoms with Gasteiger partial charge in [0.25, 0.3) is 5.91 Å². The van der Waals surface area contributed by atoms with Gasteiger partial charge in [0.1, 0.15) is 6.04 Å². The molecule has 0 bridgehead atoms. The monoisotopic (exact) mass is 384 g/mol. The quantitative estimate of drug-likeness (QED) is 0.754. The predicted molar refractivity (Wildman–Crippen MR) is 104 cm³/mol. The second-order valence-electron chi connectivity index (χ2n) is 8.62. The van der Waals surface area contributed by atoms with Gasteiger partial charge in [-0.15, -0.1) is 0 Å². The lowest BCUT2D eigenvalue weighted by atomic mass is 9.86. The van der Waals surface area contributed by atoms with E-state index >= 15 is 0 Å². The maximum atomic E-state index is 12.8. The summed E-state index contributed by atoms with van der Waals surface area (Å²) >= 11 is 0. The molecule has 7 nitrogen and oxygen atoms in total. The number of benzene rings is 1. The SMILES string of the molecule is CC1CN(Cc2ccc3c(c2)CN(C2CCC(=O)NC2=O)C3=O)CC(C)C1N. The zero-order chi connectivity index (χ0) is 20.0. The third kappa shape index (κ3) is 3.44. The molecule has 0 aliphatic carbocycles. The van der Waals surface area contributed by atoms with Crippen LogP contribution in [0.5, 0.6) is 0 Å². The molecule has 28 heavy (non-hydrogen) atoms. The van der Waals surface area contributed by atoms with Gasteiger partial charge in [-0.2, -0.15) is 0 Å². The van der Waals surface area contributed by atoms with Gasteiger partial charge in [-0.05, 0) is 35.4 Å². The van der Waals surface area contributed by atoms with Crippen LogP contribution in [0, 0.1) is 11.8 Å². The highest BCUT2D eigenvalue weighted by molar-refractivity contribution is 6.05. The van der Waals surface area contributed by atoms with E-state index < -0.39 is 6.04 Å². The summed E-state index contributed by atoms with van der Waals surface area (Å²) in [5.74, 6) is 0.162. The lowest BCUT2D eigenvalue weighted by molar-refractivity contribution is -0.136. The minimum absolute atomic E-state index is 0.123. The number of rotatable bonds is 3. The Bertz CT molecular complexity index is 812. The summed E-state index contributed by atoms with van der Waals surface area (Å²) < 4.78 is 0. The summed E-state index contributed by atoms with van der Waals surface area (Å²) in [6.07, 6.45) is 0.663. The van der Waals surface area contributed by atoms with Gasteiger partial charge in [-0.25, -0.2) is 0 Å². The van der Waals surface area contributed by atoms with E-state index in [2.05, 4.69) is 30.1 Å². The van der Waals surface area contributed by atoms with Crippen molar-refractivity contribution in [2.24, 2.45) is 17.6 Å². The summed E-state index contributed by atoms with van der Waals surface area (Å²) in [5.41, 5.74) is 9.04. The molecule has 2 saturated heterocycles. The first-order chi connectivity index (χ1) is 13.3. The van der Waals surface area contributed by atoms with Crippen LogP contribution in [0.1, 0.15) is 48.2 Å². The molecule has 4 rings (SSSR count). The fourth-order valence-electron chi connectivity index (χ4n) is 4.81. The van der Waals surface area contributed by atoms with Crippen molar-refractivity contribution in [1.29, 1.82) is 0 Å². The van der Waals surface area contributed by atoms with Crippen LogP contribution in [-0.4, -0.2) is 52.7 Å². The summed E-state index contributed by atoms with van der Waals surface area (Å²) in [5, 5.41) is 2.34. The van der Waals surface area contributed by atoms with Crippen molar-refractivity contribution >= 4 is 17.7 Å². The standard InChI is InChI=1S/C21H28N4O3/c1-12-8-24(9-13(2)19(12)22)10-14-3-4-16-15(7-14)11-25(21(16)28)17-5-6-18(26)23-20(17)27/h3-4,7,12-13,17,19H,5-6,8-11,22H2,1-2H3,(H,23,26,27). The highest BCUT2D eigenvalue weighted by Crippen LogP contribution is 2.29. The first kappa shape index (κ1) is 19.1. The van der Waals surface area contributed by atoms with Gasteiger partial charge in [-0.3, -0.25) is 24.6 Å². The molecule has 3 aliphatic rings. The third-order valence-corrected chi connectivity index (χ3v) is 6.40. The lowest BCUT2D eigenvalue weighted by Crippen LogP contribution is -2.52. The fraction of sp³-hybridized carbons (Fsp3) is 0.571. The highest BCUT2D eigenvalue weighted by atomic mass is 16.2. The van der Waals surface area contributed by atoms with Crippen LogP contribution < -0.4 is 11.1 Å². The zero-order valence-electron chi connectivity index (χ0n) is 16.5. The van der Waals surface area contributed by atoms with Gasteiger partial charge in [0.2, 0.25) is 11.8 Å². The number of imide groups is 1. The molecule has 150 valence electrons. The number of nitrogens with two attached hydrogens (primary N) is 1. The lowest BCUT2D eigenvalue weighted by Gasteiger charge is -2.39. The summed E-state index contributed by atoms with van der Waals surface area (Å²) in [4.78, 5) is 40.4. The maximum Gasteiger partial charge on any atom is 0.255 e. The van der Waals surface area contributed by atoms with E-state index in [1.165, 1.54) is 5.56 Å². The van der Waals surface area contributed by atoms with Crippen LogP contribution in [0.3, 0.4) is 0 Å². The second kappa shape index (κ2) is 7.29. The van der Waals surface area contributed by atoms with Gasteiger partial charge in [-0.1, -0.05) is 26.0 Å². The number of carbonyl (C=O) groups excluding carboxylic acids is 3.